The summed E-state index contributed by atoms with van der Waals surface area (Å²) in [5, 5.41) is 9.38. The van der Waals surface area contributed by atoms with Crippen LogP contribution in [0, 0.1) is 17.1 Å². The van der Waals surface area contributed by atoms with E-state index < -0.39 is 15.8 Å². The molecule has 25 heavy (non-hydrogen) atoms. The quantitative estimate of drug-likeness (QED) is 0.676. The third-order valence-corrected chi connectivity index (χ3v) is 5.03. The average molecular weight is 381 g/mol. The number of nitriles is 1. The lowest BCUT2D eigenvalue weighted by atomic mass is 10.2. The van der Waals surface area contributed by atoms with Crippen LogP contribution in [0.3, 0.4) is 0 Å². The van der Waals surface area contributed by atoms with E-state index in [4.69, 9.17) is 21.6 Å². The molecule has 2 N–H and O–H groups in total. The van der Waals surface area contributed by atoms with Gasteiger partial charge in [0.25, 0.3) is 10.0 Å². The van der Waals surface area contributed by atoms with Crippen LogP contribution >= 0.6 is 11.6 Å². The molecule has 0 atom stereocenters. The van der Waals surface area contributed by atoms with Crippen LogP contribution in [0.1, 0.15) is 5.56 Å². The zero-order valence-corrected chi connectivity index (χ0v) is 14.2. The second kappa shape index (κ2) is 6.23. The number of pyridine rings is 1. The number of hydrogen-bond acceptors (Lipinski definition) is 5. The highest BCUT2D eigenvalue weighted by molar-refractivity contribution is 7.93. The molecular weight excluding hydrogens is 371 g/mol. The lowest BCUT2D eigenvalue weighted by Crippen LogP contribution is -2.13. The highest BCUT2D eigenvalue weighted by atomic mass is 35.5. The molecule has 3 rings (SSSR count). The van der Waals surface area contributed by atoms with Gasteiger partial charge in [-0.2, -0.15) is 5.26 Å². The van der Waals surface area contributed by atoms with Gasteiger partial charge < -0.3 is 9.72 Å². The SMILES string of the molecule is COc1cc(C#N)c(F)cc1NS(=O)(=O)c1c[nH]c2nc(Cl)ccc12. The maximum absolute atomic E-state index is 13.8. The monoisotopic (exact) mass is 380 g/mol. The third kappa shape index (κ3) is 3.09. The number of hydrogen-bond donors (Lipinski definition) is 2. The number of H-pyrrole nitrogens is 1. The van der Waals surface area contributed by atoms with Crippen molar-refractivity contribution in [2.75, 3.05) is 11.8 Å². The van der Waals surface area contributed by atoms with Gasteiger partial charge in [-0.25, -0.2) is 17.8 Å². The van der Waals surface area contributed by atoms with Crippen LogP contribution in [0.2, 0.25) is 5.15 Å². The van der Waals surface area contributed by atoms with E-state index in [0.717, 1.165) is 12.1 Å². The molecule has 0 saturated heterocycles. The Morgan fingerprint density at radius 3 is 2.84 bits per heavy atom. The van der Waals surface area contributed by atoms with E-state index in [9.17, 15) is 12.8 Å². The second-order valence-corrected chi connectivity index (χ2v) is 6.97. The number of benzene rings is 1. The Bertz CT molecular complexity index is 1120. The molecule has 0 radical (unpaired) electrons. The van der Waals surface area contributed by atoms with Gasteiger partial charge in [-0.05, 0) is 12.1 Å². The molecule has 7 nitrogen and oxygen atoms in total. The minimum Gasteiger partial charge on any atom is -0.495 e. The fourth-order valence-electron chi connectivity index (χ4n) is 2.27. The van der Waals surface area contributed by atoms with Gasteiger partial charge in [-0.3, -0.25) is 4.72 Å². The summed E-state index contributed by atoms with van der Waals surface area (Å²) >= 11 is 5.78. The molecule has 10 heteroatoms. The molecule has 0 aliphatic carbocycles. The highest BCUT2D eigenvalue weighted by Gasteiger charge is 2.22. The van der Waals surface area contributed by atoms with E-state index in [1.807, 2.05) is 0 Å². The molecule has 0 aliphatic rings. The largest absolute Gasteiger partial charge is 0.495 e. The summed E-state index contributed by atoms with van der Waals surface area (Å²) in [6, 6.07) is 6.62. The number of ether oxygens (including phenoxy) is 1. The molecular formula is C15H10ClFN4O3S. The number of aromatic amines is 1. The number of fused-ring (bicyclic) bond motifs is 1. The van der Waals surface area contributed by atoms with Crippen molar-refractivity contribution in [1.82, 2.24) is 9.97 Å². The van der Waals surface area contributed by atoms with Gasteiger partial charge in [0.05, 0.1) is 18.4 Å². The average Bonchev–Trinajstić information content (AvgIpc) is 2.98. The van der Waals surface area contributed by atoms with Gasteiger partial charge in [0, 0.05) is 23.7 Å². The summed E-state index contributed by atoms with van der Waals surface area (Å²) < 4.78 is 46.4. The Balaban J connectivity index is 2.07. The van der Waals surface area contributed by atoms with Crippen molar-refractivity contribution in [2.45, 2.75) is 4.90 Å². The Morgan fingerprint density at radius 1 is 1.40 bits per heavy atom. The number of rotatable bonds is 4. The second-order valence-electron chi connectivity index (χ2n) is 4.93. The number of methoxy groups -OCH3 is 1. The lowest BCUT2D eigenvalue weighted by molar-refractivity contribution is 0.415. The fraction of sp³-hybridized carbons (Fsp3) is 0.0667. The fourth-order valence-corrected chi connectivity index (χ4v) is 3.64. The van der Waals surface area contributed by atoms with E-state index in [-0.39, 0.29) is 27.0 Å². The minimum absolute atomic E-state index is 0.0162. The Morgan fingerprint density at radius 2 is 2.16 bits per heavy atom. The molecule has 2 aromatic heterocycles. The molecule has 0 fully saturated rings. The summed E-state index contributed by atoms with van der Waals surface area (Å²) in [5.74, 6) is -0.851. The van der Waals surface area contributed by atoms with Crippen molar-refractivity contribution < 1.29 is 17.5 Å². The standard InChI is InChI=1S/C15H10ClFN4O3S/c1-24-12-4-8(6-18)10(17)5-11(12)21-25(22,23)13-7-19-15-9(13)2-3-14(16)20-15/h2-5,7,21H,1H3,(H,19,20). The third-order valence-electron chi connectivity index (χ3n) is 3.41. The Labute approximate surface area is 147 Å². The van der Waals surface area contributed by atoms with Crippen molar-refractivity contribution in [1.29, 1.82) is 5.26 Å². The van der Waals surface area contributed by atoms with Crippen molar-refractivity contribution in [3.05, 3.63) is 47.0 Å². The molecule has 0 spiro atoms. The van der Waals surface area contributed by atoms with Gasteiger partial charge in [0.1, 0.15) is 33.3 Å². The summed E-state index contributed by atoms with van der Waals surface area (Å²) in [6.07, 6.45) is 1.25. The van der Waals surface area contributed by atoms with Crippen LogP contribution in [-0.2, 0) is 10.0 Å². The summed E-state index contributed by atoms with van der Waals surface area (Å²) in [6.45, 7) is 0. The van der Waals surface area contributed by atoms with Crippen LogP contribution < -0.4 is 9.46 Å². The Hall–Kier alpha value is -2.83. The normalized spacial score (nSPS) is 11.3. The number of halogens is 2. The van der Waals surface area contributed by atoms with E-state index >= 15 is 0 Å². The highest BCUT2D eigenvalue weighted by Crippen LogP contribution is 2.31. The predicted molar refractivity (Wildman–Crippen MR) is 89.6 cm³/mol. The molecule has 0 saturated carbocycles. The molecule has 2 heterocycles. The number of aromatic nitrogens is 2. The van der Waals surface area contributed by atoms with Gasteiger partial charge in [0.2, 0.25) is 0 Å². The molecule has 128 valence electrons. The maximum Gasteiger partial charge on any atom is 0.264 e. The molecule has 0 aliphatic heterocycles. The Kier molecular flexibility index (Phi) is 4.24. The van der Waals surface area contributed by atoms with Crippen LogP contribution in [-0.4, -0.2) is 25.5 Å². The van der Waals surface area contributed by atoms with E-state index in [0.29, 0.717) is 11.0 Å². The molecule has 0 amide bonds. The first kappa shape index (κ1) is 17.0. The van der Waals surface area contributed by atoms with Crippen molar-refractivity contribution >= 4 is 38.3 Å². The van der Waals surface area contributed by atoms with E-state index in [1.165, 1.54) is 25.4 Å². The first-order chi connectivity index (χ1) is 11.9. The summed E-state index contributed by atoms with van der Waals surface area (Å²) in [4.78, 5) is 6.62. The molecule has 0 unspecified atom stereocenters. The van der Waals surface area contributed by atoms with Gasteiger partial charge >= 0.3 is 0 Å². The molecule has 3 aromatic rings. The predicted octanol–water partition coefficient (Wildman–Crippen LogP) is 3.04. The smallest absolute Gasteiger partial charge is 0.264 e. The topological polar surface area (TPSA) is 108 Å². The van der Waals surface area contributed by atoms with E-state index in [1.54, 1.807) is 6.07 Å². The minimum atomic E-state index is -4.07. The number of nitrogens with one attached hydrogen (secondary N) is 2. The molecule has 0 bridgehead atoms. The zero-order valence-electron chi connectivity index (χ0n) is 12.7. The van der Waals surface area contributed by atoms with E-state index in [2.05, 4.69) is 14.7 Å². The van der Waals surface area contributed by atoms with Crippen molar-refractivity contribution in [3.63, 3.8) is 0 Å². The summed E-state index contributed by atoms with van der Waals surface area (Å²) in [5.41, 5.74) is -0.0909. The maximum atomic E-state index is 13.8. The van der Waals surface area contributed by atoms with Gasteiger partial charge in [-0.1, -0.05) is 11.6 Å². The van der Waals surface area contributed by atoms with Crippen LogP contribution in [0.25, 0.3) is 11.0 Å². The zero-order chi connectivity index (χ0) is 18.2. The van der Waals surface area contributed by atoms with Gasteiger partial charge in [-0.15, -0.1) is 0 Å². The van der Waals surface area contributed by atoms with Crippen LogP contribution in [0.5, 0.6) is 5.75 Å². The lowest BCUT2D eigenvalue weighted by Gasteiger charge is -2.12. The number of anilines is 1. The first-order valence-corrected chi connectivity index (χ1v) is 8.66. The summed E-state index contributed by atoms with van der Waals surface area (Å²) in [7, 11) is -2.79. The first-order valence-electron chi connectivity index (χ1n) is 6.80. The van der Waals surface area contributed by atoms with Crippen molar-refractivity contribution in [2.24, 2.45) is 0 Å². The number of sulfonamides is 1. The number of nitrogens with zero attached hydrogens (tertiary/aromatic N) is 2. The van der Waals surface area contributed by atoms with Gasteiger partial charge in [0.15, 0.2) is 0 Å². The van der Waals surface area contributed by atoms with Crippen molar-refractivity contribution in [3.8, 4) is 11.8 Å². The van der Waals surface area contributed by atoms with Crippen LogP contribution in [0.4, 0.5) is 10.1 Å². The van der Waals surface area contributed by atoms with Crippen LogP contribution in [0.15, 0.2) is 35.4 Å². The molecule has 1 aromatic carbocycles.